The van der Waals surface area contributed by atoms with Gasteiger partial charge in [-0.15, -0.1) is 0 Å². The first-order chi connectivity index (χ1) is 9.49. The highest BCUT2D eigenvalue weighted by atomic mass is 19.3. The van der Waals surface area contributed by atoms with Gasteiger partial charge in [-0.2, -0.15) is 8.78 Å². The largest absolute Gasteiger partial charge is 0.491 e. The molecule has 0 N–H and O–H groups in total. The molecule has 0 unspecified atom stereocenters. The maximum atomic E-state index is 13.2. The van der Waals surface area contributed by atoms with Gasteiger partial charge >= 0.3 is 5.92 Å². The Hall–Kier alpha value is -1.49. The second-order valence-corrected chi connectivity index (χ2v) is 4.37. The Morgan fingerprint density at radius 2 is 2.05 bits per heavy atom. The Morgan fingerprint density at radius 3 is 2.70 bits per heavy atom. The van der Waals surface area contributed by atoms with Gasteiger partial charge in [0.05, 0.1) is 13.2 Å². The van der Waals surface area contributed by atoms with Gasteiger partial charge in [-0.3, -0.25) is 0 Å². The molecular formula is C15H19F3O2. The van der Waals surface area contributed by atoms with Crippen molar-refractivity contribution in [3.63, 3.8) is 0 Å². The molecule has 0 aliphatic heterocycles. The van der Waals surface area contributed by atoms with Crippen LogP contribution in [0.3, 0.4) is 0 Å². The minimum absolute atomic E-state index is 0.238. The average Bonchev–Trinajstić information content (AvgIpc) is 2.47. The van der Waals surface area contributed by atoms with Crippen molar-refractivity contribution in [1.82, 2.24) is 0 Å². The summed E-state index contributed by atoms with van der Waals surface area (Å²) in [5, 5.41) is 0. The van der Waals surface area contributed by atoms with Gasteiger partial charge in [0.25, 0.3) is 0 Å². The van der Waals surface area contributed by atoms with E-state index in [1.807, 2.05) is 6.92 Å². The van der Waals surface area contributed by atoms with E-state index in [1.165, 1.54) is 12.1 Å². The first kappa shape index (κ1) is 16.6. The fraction of sp³-hybridized carbons (Fsp3) is 0.467. The smallest absolute Gasteiger partial charge is 0.301 e. The van der Waals surface area contributed by atoms with Gasteiger partial charge in [-0.1, -0.05) is 31.2 Å². The Labute approximate surface area is 117 Å². The van der Waals surface area contributed by atoms with Crippen LogP contribution in [0.1, 0.15) is 18.9 Å². The molecule has 0 saturated carbocycles. The summed E-state index contributed by atoms with van der Waals surface area (Å²) >= 11 is 0. The molecule has 0 fully saturated rings. The predicted molar refractivity (Wildman–Crippen MR) is 72.1 cm³/mol. The molecule has 20 heavy (non-hydrogen) atoms. The van der Waals surface area contributed by atoms with E-state index >= 15 is 0 Å². The van der Waals surface area contributed by atoms with Crippen molar-refractivity contribution in [2.45, 2.75) is 19.3 Å². The van der Waals surface area contributed by atoms with E-state index in [9.17, 15) is 13.2 Å². The molecule has 0 bridgehead atoms. The third kappa shape index (κ3) is 5.25. The third-order valence-corrected chi connectivity index (χ3v) is 2.73. The summed E-state index contributed by atoms with van der Waals surface area (Å²) < 4.78 is 49.2. The molecule has 0 aliphatic rings. The lowest BCUT2D eigenvalue weighted by Gasteiger charge is -2.14. The first-order valence-electron chi connectivity index (χ1n) is 6.41. The van der Waals surface area contributed by atoms with Crippen molar-refractivity contribution in [3.8, 4) is 5.75 Å². The molecular weight excluding hydrogens is 269 g/mol. The highest BCUT2D eigenvalue weighted by molar-refractivity contribution is 5.31. The van der Waals surface area contributed by atoms with Crippen LogP contribution in [0.25, 0.3) is 0 Å². The second-order valence-electron chi connectivity index (χ2n) is 4.37. The molecule has 1 aromatic rings. The Bertz CT molecular complexity index is 433. The van der Waals surface area contributed by atoms with Crippen LogP contribution in [0.4, 0.5) is 13.2 Å². The minimum atomic E-state index is -3.48. The summed E-state index contributed by atoms with van der Waals surface area (Å²) in [5.74, 6) is -3.21. The molecule has 112 valence electrons. The van der Waals surface area contributed by atoms with E-state index in [-0.39, 0.29) is 12.4 Å². The van der Waals surface area contributed by atoms with Crippen LogP contribution in [-0.2, 0) is 10.7 Å². The maximum Gasteiger partial charge on any atom is 0.301 e. The van der Waals surface area contributed by atoms with Crippen LogP contribution in [-0.4, -0.2) is 26.5 Å². The molecule has 0 saturated heterocycles. The van der Waals surface area contributed by atoms with Crippen molar-refractivity contribution in [2.24, 2.45) is 0 Å². The van der Waals surface area contributed by atoms with Crippen LogP contribution in [0, 0.1) is 0 Å². The van der Waals surface area contributed by atoms with Crippen molar-refractivity contribution in [2.75, 3.05) is 26.5 Å². The number of alkyl halides is 3. The number of hydrogen-bond donors (Lipinski definition) is 0. The van der Waals surface area contributed by atoms with Gasteiger partial charge < -0.3 is 9.47 Å². The van der Waals surface area contributed by atoms with Gasteiger partial charge in [0.15, 0.2) is 6.67 Å². The molecule has 0 aromatic heterocycles. The molecule has 0 spiro atoms. The molecule has 0 heterocycles. The first-order valence-corrected chi connectivity index (χ1v) is 6.41. The normalized spacial score (nSPS) is 11.4. The summed E-state index contributed by atoms with van der Waals surface area (Å²) in [4.78, 5) is 0. The van der Waals surface area contributed by atoms with E-state index in [1.54, 1.807) is 6.07 Å². The van der Waals surface area contributed by atoms with Gasteiger partial charge in [-0.25, -0.2) is 4.39 Å². The highest BCUT2D eigenvalue weighted by Gasteiger charge is 2.31. The van der Waals surface area contributed by atoms with Crippen LogP contribution >= 0.6 is 0 Å². The molecule has 1 aromatic carbocycles. The van der Waals surface area contributed by atoms with Gasteiger partial charge in [0, 0.05) is 5.56 Å². The summed E-state index contributed by atoms with van der Waals surface area (Å²) in [5.41, 5.74) is 0.590. The average molecular weight is 288 g/mol. The van der Waals surface area contributed by atoms with Crippen LogP contribution < -0.4 is 4.74 Å². The zero-order valence-electron chi connectivity index (χ0n) is 11.5. The Morgan fingerprint density at radius 1 is 1.30 bits per heavy atom. The summed E-state index contributed by atoms with van der Waals surface area (Å²) in [7, 11) is 0. The minimum Gasteiger partial charge on any atom is -0.491 e. The molecule has 0 amide bonds. The van der Waals surface area contributed by atoms with E-state index in [0.29, 0.717) is 13.2 Å². The van der Waals surface area contributed by atoms with Gasteiger partial charge in [-0.05, 0) is 18.6 Å². The summed E-state index contributed by atoms with van der Waals surface area (Å²) in [6.07, 6.45) is 0.848. The molecule has 0 aliphatic carbocycles. The molecule has 1 rings (SSSR count). The fourth-order valence-electron chi connectivity index (χ4n) is 1.43. The standard InChI is InChI=1S/C15H19F3O2/c1-3-12(2)10-19-7-8-20-14-6-4-5-13(9-14)15(17,18)11-16/h4-6,9H,2-3,7-8,10-11H2,1H3. The van der Waals surface area contributed by atoms with E-state index in [2.05, 4.69) is 6.58 Å². The van der Waals surface area contributed by atoms with Crippen molar-refractivity contribution < 1.29 is 22.6 Å². The topological polar surface area (TPSA) is 18.5 Å². The monoisotopic (exact) mass is 288 g/mol. The second kappa shape index (κ2) is 7.94. The quantitative estimate of drug-likeness (QED) is 0.503. The van der Waals surface area contributed by atoms with Gasteiger partial charge in [0.1, 0.15) is 12.4 Å². The molecule has 0 atom stereocenters. The zero-order chi connectivity index (χ0) is 15.0. The Balaban J connectivity index is 2.41. The summed E-state index contributed by atoms with van der Waals surface area (Å²) in [6.45, 7) is 5.09. The number of benzene rings is 1. The van der Waals surface area contributed by atoms with Crippen LogP contribution in [0.5, 0.6) is 5.75 Å². The SMILES string of the molecule is C=C(CC)COCCOc1cccc(C(F)(F)CF)c1. The van der Waals surface area contributed by atoms with Gasteiger partial charge in [0.2, 0.25) is 0 Å². The Kier molecular flexibility index (Phi) is 6.58. The molecule has 5 heteroatoms. The number of ether oxygens (including phenoxy) is 2. The fourth-order valence-corrected chi connectivity index (χ4v) is 1.43. The van der Waals surface area contributed by atoms with Crippen LogP contribution in [0.15, 0.2) is 36.4 Å². The van der Waals surface area contributed by atoms with E-state index < -0.39 is 18.2 Å². The lowest BCUT2D eigenvalue weighted by molar-refractivity contribution is -0.0282. The number of rotatable bonds is 9. The molecule has 2 nitrogen and oxygen atoms in total. The number of hydrogen-bond acceptors (Lipinski definition) is 2. The highest BCUT2D eigenvalue weighted by Crippen LogP contribution is 2.30. The third-order valence-electron chi connectivity index (χ3n) is 2.73. The lowest BCUT2D eigenvalue weighted by atomic mass is 10.1. The predicted octanol–water partition coefficient (Wildman–Crippen LogP) is 4.11. The van der Waals surface area contributed by atoms with Crippen molar-refractivity contribution in [1.29, 1.82) is 0 Å². The van der Waals surface area contributed by atoms with E-state index in [0.717, 1.165) is 18.1 Å². The van der Waals surface area contributed by atoms with E-state index in [4.69, 9.17) is 9.47 Å². The van der Waals surface area contributed by atoms with Crippen LogP contribution in [0.2, 0.25) is 0 Å². The van der Waals surface area contributed by atoms with Crippen molar-refractivity contribution >= 4 is 0 Å². The number of halogens is 3. The molecule has 0 radical (unpaired) electrons. The summed E-state index contributed by atoms with van der Waals surface area (Å²) in [6, 6.07) is 5.27. The maximum absolute atomic E-state index is 13.2. The van der Waals surface area contributed by atoms with Crippen molar-refractivity contribution in [3.05, 3.63) is 42.0 Å². The zero-order valence-corrected chi connectivity index (χ0v) is 11.5. The lowest BCUT2D eigenvalue weighted by Crippen LogP contribution is -2.16.